The number of amides is 1. The average molecular weight is 216 g/mol. The van der Waals surface area contributed by atoms with E-state index in [9.17, 15) is 4.79 Å². The Morgan fingerprint density at radius 1 is 1.57 bits per heavy atom. The molecular formula is C10H20N2OS. The van der Waals surface area contributed by atoms with Crippen LogP contribution in [-0.4, -0.2) is 60.4 Å². The van der Waals surface area contributed by atoms with Crippen LogP contribution in [0.5, 0.6) is 0 Å². The van der Waals surface area contributed by atoms with Gasteiger partial charge in [0.05, 0.1) is 6.04 Å². The van der Waals surface area contributed by atoms with Crippen molar-refractivity contribution in [2.45, 2.75) is 19.4 Å². The summed E-state index contributed by atoms with van der Waals surface area (Å²) in [5.41, 5.74) is 0. The van der Waals surface area contributed by atoms with Crippen LogP contribution in [0.3, 0.4) is 0 Å². The first-order valence-electron chi connectivity index (χ1n) is 5.11. The van der Waals surface area contributed by atoms with Gasteiger partial charge in [0.15, 0.2) is 0 Å². The molecular weight excluding hydrogens is 196 g/mol. The van der Waals surface area contributed by atoms with E-state index in [4.69, 9.17) is 0 Å². The van der Waals surface area contributed by atoms with Crippen molar-refractivity contribution in [3.05, 3.63) is 0 Å². The van der Waals surface area contributed by atoms with E-state index in [0.29, 0.717) is 6.04 Å². The van der Waals surface area contributed by atoms with Crippen molar-refractivity contribution in [2.24, 2.45) is 0 Å². The predicted octanol–water partition coefficient (Wildman–Crippen LogP) is 0.902. The molecule has 0 saturated carbocycles. The van der Waals surface area contributed by atoms with Gasteiger partial charge in [-0.05, 0) is 26.3 Å². The first-order chi connectivity index (χ1) is 6.61. The maximum atomic E-state index is 11.4. The topological polar surface area (TPSA) is 23.6 Å². The van der Waals surface area contributed by atoms with E-state index >= 15 is 0 Å². The van der Waals surface area contributed by atoms with E-state index in [0.717, 1.165) is 25.3 Å². The highest BCUT2D eigenvalue weighted by Gasteiger charge is 2.23. The van der Waals surface area contributed by atoms with Gasteiger partial charge in [0.25, 0.3) is 0 Å². The van der Waals surface area contributed by atoms with Gasteiger partial charge in [-0.3, -0.25) is 4.79 Å². The highest BCUT2D eigenvalue weighted by Crippen LogP contribution is 2.16. The Morgan fingerprint density at radius 3 is 2.86 bits per heavy atom. The minimum absolute atomic E-state index is 0.222. The van der Waals surface area contributed by atoms with Crippen molar-refractivity contribution in [1.82, 2.24) is 9.80 Å². The Balaban J connectivity index is 2.59. The quantitative estimate of drug-likeness (QED) is 0.685. The number of carbonyl (C=O) groups is 1. The van der Waals surface area contributed by atoms with E-state index in [1.165, 1.54) is 5.75 Å². The Hall–Kier alpha value is -0.220. The fraction of sp³-hybridized carbons (Fsp3) is 0.900. The molecule has 1 amide bonds. The second-order valence-electron chi connectivity index (χ2n) is 4.06. The number of hydrogen-bond acceptors (Lipinski definition) is 3. The number of nitrogens with zero attached hydrogens (tertiary/aromatic N) is 2. The molecule has 1 fully saturated rings. The van der Waals surface area contributed by atoms with Crippen LogP contribution in [0.1, 0.15) is 13.3 Å². The number of hydrogen-bond donors (Lipinski definition) is 0. The Labute approximate surface area is 90.8 Å². The van der Waals surface area contributed by atoms with Gasteiger partial charge in [-0.15, -0.1) is 0 Å². The lowest BCUT2D eigenvalue weighted by Crippen LogP contribution is -2.45. The molecule has 1 heterocycles. The van der Waals surface area contributed by atoms with Gasteiger partial charge in [0.1, 0.15) is 0 Å². The Kier molecular flexibility index (Phi) is 4.75. The van der Waals surface area contributed by atoms with Crippen LogP contribution in [0.4, 0.5) is 0 Å². The summed E-state index contributed by atoms with van der Waals surface area (Å²) in [6.07, 6.45) is 1.13. The average Bonchev–Trinajstić information content (AvgIpc) is 2.28. The monoisotopic (exact) mass is 216 g/mol. The van der Waals surface area contributed by atoms with Crippen LogP contribution in [-0.2, 0) is 4.79 Å². The summed E-state index contributed by atoms with van der Waals surface area (Å²) in [6.45, 7) is 3.59. The van der Waals surface area contributed by atoms with E-state index in [1.54, 1.807) is 6.92 Å². The lowest BCUT2D eigenvalue weighted by Gasteiger charge is -2.30. The number of carbonyl (C=O) groups excluding carboxylic acids is 1. The lowest BCUT2D eigenvalue weighted by atomic mass is 10.2. The minimum atomic E-state index is 0.222. The first kappa shape index (κ1) is 11.9. The van der Waals surface area contributed by atoms with E-state index in [1.807, 2.05) is 16.7 Å². The lowest BCUT2D eigenvalue weighted by molar-refractivity contribution is -0.130. The molecule has 1 aliphatic rings. The number of thioether (sulfide) groups is 1. The van der Waals surface area contributed by atoms with Crippen LogP contribution in [0.15, 0.2) is 0 Å². The molecule has 0 aliphatic carbocycles. The zero-order chi connectivity index (χ0) is 10.6. The summed E-state index contributed by atoms with van der Waals surface area (Å²) < 4.78 is 0. The molecule has 0 aromatic rings. The van der Waals surface area contributed by atoms with Crippen LogP contribution >= 0.6 is 11.8 Å². The van der Waals surface area contributed by atoms with Gasteiger partial charge in [0.2, 0.25) is 5.91 Å². The first-order valence-corrected chi connectivity index (χ1v) is 6.26. The molecule has 0 bridgehead atoms. The van der Waals surface area contributed by atoms with Gasteiger partial charge in [-0.1, -0.05) is 0 Å². The molecule has 1 aliphatic heterocycles. The molecule has 0 N–H and O–H groups in total. The maximum Gasteiger partial charge on any atom is 0.219 e. The van der Waals surface area contributed by atoms with Crippen molar-refractivity contribution in [3.63, 3.8) is 0 Å². The summed E-state index contributed by atoms with van der Waals surface area (Å²) in [5.74, 6) is 2.49. The molecule has 0 aromatic carbocycles. The van der Waals surface area contributed by atoms with Gasteiger partial charge < -0.3 is 9.80 Å². The maximum absolute atomic E-state index is 11.4. The number of rotatable bonds is 2. The molecule has 82 valence electrons. The fourth-order valence-electron chi connectivity index (χ4n) is 1.82. The van der Waals surface area contributed by atoms with Crippen molar-refractivity contribution in [3.8, 4) is 0 Å². The normalized spacial score (nSPS) is 23.7. The molecule has 0 spiro atoms. The van der Waals surface area contributed by atoms with Crippen LogP contribution in [0.2, 0.25) is 0 Å². The fourth-order valence-corrected chi connectivity index (χ4v) is 2.87. The highest BCUT2D eigenvalue weighted by atomic mass is 32.2. The summed E-state index contributed by atoms with van der Waals surface area (Å²) >= 11 is 1.97. The molecule has 14 heavy (non-hydrogen) atoms. The standard InChI is InChI=1S/C10H20N2OS/c1-9(13)12-5-4-6-14-8-10(12)7-11(2)3/h10H,4-8H2,1-3H3. The third kappa shape index (κ3) is 3.50. The predicted molar refractivity (Wildman–Crippen MR) is 61.7 cm³/mol. The molecule has 1 atom stereocenters. The molecule has 3 nitrogen and oxygen atoms in total. The molecule has 4 heteroatoms. The zero-order valence-electron chi connectivity index (χ0n) is 9.32. The van der Waals surface area contributed by atoms with E-state index < -0.39 is 0 Å². The molecule has 0 aromatic heterocycles. The van der Waals surface area contributed by atoms with Crippen molar-refractivity contribution < 1.29 is 4.79 Å². The zero-order valence-corrected chi connectivity index (χ0v) is 10.1. The van der Waals surface area contributed by atoms with E-state index in [-0.39, 0.29) is 5.91 Å². The van der Waals surface area contributed by atoms with Crippen LogP contribution in [0.25, 0.3) is 0 Å². The second kappa shape index (κ2) is 5.61. The van der Waals surface area contributed by atoms with Gasteiger partial charge >= 0.3 is 0 Å². The smallest absolute Gasteiger partial charge is 0.219 e. The molecule has 1 unspecified atom stereocenters. The molecule has 1 rings (SSSR count). The van der Waals surface area contributed by atoms with Crippen LogP contribution in [0, 0.1) is 0 Å². The highest BCUT2D eigenvalue weighted by molar-refractivity contribution is 7.99. The van der Waals surface area contributed by atoms with Crippen molar-refractivity contribution in [2.75, 3.05) is 38.7 Å². The third-order valence-corrected chi connectivity index (χ3v) is 3.62. The largest absolute Gasteiger partial charge is 0.338 e. The second-order valence-corrected chi connectivity index (χ2v) is 5.21. The van der Waals surface area contributed by atoms with Gasteiger partial charge in [-0.25, -0.2) is 0 Å². The Morgan fingerprint density at radius 2 is 2.29 bits per heavy atom. The third-order valence-electron chi connectivity index (χ3n) is 2.42. The summed E-state index contributed by atoms with van der Waals surface area (Å²) in [5, 5.41) is 0. The van der Waals surface area contributed by atoms with Gasteiger partial charge in [-0.2, -0.15) is 11.8 Å². The number of likely N-dealkylation sites (N-methyl/N-ethyl adjacent to an activating group) is 1. The summed E-state index contributed by atoms with van der Waals surface area (Å²) in [7, 11) is 4.13. The summed E-state index contributed by atoms with van der Waals surface area (Å²) in [4.78, 5) is 15.6. The van der Waals surface area contributed by atoms with E-state index in [2.05, 4.69) is 19.0 Å². The van der Waals surface area contributed by atoms with Crippen molar-refractivity contribution >= 4 is 17.7 Å². The molecule has 0 radical (unpaired) electrons. The SMILES string of the molecule is CC(=O)N1CCCSCC1CN(C)C. The van der Waals surface area contributed by atoms with Gasteiger partial charge in [0, 0.05) is 25.8 Å². The Bertz CT molecular complexity index is 197. The minimum Gasteiger partial charge on any atom is -0.338 e. The van der Waals surface area contributed by atoms with Crippen molar-refractivity contribution in [1.29, 1.82) is 0 Å². The van der Waals surface area contributed by atoms with Crippen LogP contribution < -0.4 is 0 Å². The molecule has 1 saturated heterocycles. The summed E-state index contributed by atoms with van der Waals surface area (Å²) in [6, 6.07) is 0.398.